The SMILES string of the molecule is CC1=C(c2ccncc2)SC2N=C(N)NC(=O)C12. The molecule has 0 radical (unpaired) electrons. The molecule has 1 amide bonds. The third kappa shape index (κ3) is 1.69. The van der Waals surface area contributed by atoms with E-state index in [2.05, 4.69) is 15.3 Å². The quantitative estimate of drug-likeness (QED) is 0.787. The molecule has 0 fully saturated rings. The Kier molecular flexibility index (Phi) is 2.59. The van der Waals surface area contributed by atoms with Gasteiger partial charge in [-0.3, -0.25) is 15.1 Å². The first-order valence-corrected chi connectivity index (χ1v) is 6.47. The van der Waals surface area contributed by atoms with Gasteiger partial charge in [-0.15, -0.1) is 0 Å². The van der Waals surface area contributed by atoms with Crippen molar-refractivity contribution in [1.82, 2.24) is 10.3 Å². The lowest BCUT2D eigenvalue weighted by Gasteiger charge is -2.21. The fourth-order valence-corrected chi connectivity index (χ4v) is 3.69. The van der Waals surface area contributed by atoms with Crippen LogP contribution in [0.5, 0.6) is 0 Å². The molecule has 3 heterocycles. The number of nitrogens with one attached hydrogen (secondary N) is 1. The molecule has 5 nitrogen and oxygen atoms in total. The largest absolute Gasteiger partial charge is 0.370 e. The molecule has 0 saturated carbocycles. The van der Waals surface area contributed by atoms with Gasteiger partial charge in [-0.05, 0) is 30.2 Å². The topological polar surface area (TPSA) is 80.4 Å². The number of amides is 1. The third-order valence-electron chi connectivity index (χ3n) is 3.09. The van der Waals surface area contributed by atoms with Crippen LogP contribution in [0.3, 0.4) is 0 Å². The molecule has 0 bridgehead atoms. The Labute approximate surface area is 109 Å². The Bertz CT molecular complexity index is 567. The number of carbonyl (C=O) groups excluding carboxylic acids is 1. The molecule has 6 heteroatoms. The lowest BCUT2D eigenvalue weighted by atomic mass is 9.97. The van der Waals surface area contributed by atoms with Gasteiger partial charge in [0.05, 0.1) is 5.92 Å². The molecule has 0 saturated heterocycles. The second-order valence-corrected chi connectivity index (χ2v) is 5.36. The van der Waals surface area contributed by atoms with E-state index in [9.17, 15) is 4.79 Å². The van der Waals surface area contributed by atoms with E-state index >= 15 is 0 Å². The van der Waals surface area contributed by atoms with Crippen LogP contribution in [0.4, 0.5) is 0 Å². The van der Waals surface area contributed by atoms with E-state index in [1.54, 1.807) is 24.2 Å². The summed E-state index contributed by atoms with van der Waals surface area (Å²) in [4.78, 5) is 21.3. The summed E-state index contributed by atoms with van der Waals surface area (Å²) in [5.41, 5.74) is 7.71. The second-order valence-electron chi connectivity index (χ2n) is 4.24. The molecular weight excluding hydrogens is 248 g/mol. The van der Waals surface area contributed by atoms with Crippen molar-refractivity contribution in [2.45, 2.75) is 12.3 Å². The summed E-state index contributed by atoms with van der Waals surface area (Å²) in [7, 11) is 0. The van der Waals surface area contributed by atoms with Crippen LogP contribution in [0.2, 0.25) is 0 Å². The Morgan fingerprint density at radius 1 is 1.39 bits per heavy atom. The van der Waals surface area contributed by atoms with E-state index in [0.29, 0.717) is 0 Å². The molecule has 18 heavy (non-hydrogen) atoms. The van der Waals surface area contributed by atoms with Gasteiger partial charge < -0.3 is 5.73 Å². The molecule has 0 aromatic carbocycles. The average molecular weight is 260 g/mol. The second kappa shape index (κ2) is 4.13. The van der Waals surface area contributed by atoms with Crippen molar-refractivity contribution in [3.8, 4) is 0 Å². The first-order chi connectivity index (χ1) is 8.66. The van der Waals surface area contributed by atoms with Gasteiger partial charge in [-0.1, -0.05) is 11.8 Å². The number of aromatic nitrogens is 1. The highest BCUT2D eigenvalue weighted by Crippen LogP contribution is 2.48. The van der Waals surface area contributed by atoms with Crippen molar-refractivity contribution in [2.75, 3.05) is 0 Å². The number of carbonyl (C=O) groups is 1. The molecular formula is C12H12N4OS. The minimum absolute atomic E-state index is 0.0680. The van der Waals surface area contributed by atoms with Gasteiger partial charge in [-0.2, -0.15) is 0 Å². The summed E-state index contributed by atoms with van der Waals surface area (Å²) < 4.78 is 0. The number of fused-ring (bicyclic) bond motifs is 1. The molecule has 2 unspecified atom stereocenters. The average Bonchev–Trinajstić information content (AvgIpc) is 2.67. The zero-order chi connectivity index (χ0) is 12.7. The first kappa shape index (κ1) is 11.3. The molecule has 1 aromatic rings. The lowest BCUT2D eigenvalue weighted by Crippen LogP contribution is -2.47. The van der Waals surface area contributed by atoms with E-state index in [1.807, 2.05) is 19.1 Å². The van der Waals surface area contributed by atoms with Crippen molar-refractivity contribution in [3.05, 3.63) is 35.7 Å². The van der Waals surface area contributed by atoms with Crippen LogP contribution in [-0.4, -0.2) is 22.2 Å². The van der Waals surface area contributed by atoms with Crippen LogP contribution < -0.4 is 11.1 Å². The van der Waals surface area contributed by atoms with Crippen molar-refractivity contribution < 1.29 is 4.79 Å². The fraction of sp³-hybridized carbons (Fsp3) is 0.250. The van der Waals surface area contributed by atoms with Gasteiger partial charge in [0, 0.05) is 17.3 Å². The predicted octanol–water partition coefficient (Wildman–Crippen LogP) is 0.946. The summed E-state index contributed by atoms with van der Waals surface area (Å²) in [5.74, 6) is -0.0791. The molecule has 2 aliphatic rings. The van der Waals surface area contributed by atoms with Crippen LogP contribution in [0, 0.1) is 5.92 Å². The Morgan fingerprint density at radius 3 is 2.83 bits per heavy atom. The van der Waals surface area contributed by atoms with Crippen LogP contribution >= 0.6 is 11.8 Å². The van der Waals surface area contributed by atoms with Crippen LogP contribution in [-0.2, 0) is 4.79 Å². The first-order valence-electron chi connectivity index (χ1n) is 5.59. The van der Waals surface area contributed by atoms with Crippen molar-refractivity contribution >= 4 is 28.5 Å². The highest BCUT2D eigenvalue weighted by atomic mass is 32.2. The van der Waals surface area contributed by atoms with Gasteiger partial charge >= 0.3 is 0 Å². The zero-order valence-corrected chi connectivity index (χ0v) is 10.6. The van der Waals surface area contributed by atoms with E-state index in [0.717, 1.165) is 16.0 Å². The number of thioether (sulfide) groups is 1. The van der Waals surface area contributed by atoms with Crippen molar-refractivity contribution in [1.29, 1.82) is 0 Å². The summed E-state index contributed by atoms with van der Waals surface area (Å²) in [6.07, 6.45) is 3.49. The van der Waals surface area contributed by atoms with E-state index in [4.69, 9.17) is 5.73 Å². The third-order valence-corrected chi connectivity index (χ3v) is 4.50. The maximum absolute atomic E-state index is 11.9. The van der Waals surface area contributed by atoms with Crippen molar-refractivity contribution in [3.63, 3.8) is 0 Å². The number of hydrogen-bond donors (Lipinski definition) is 2. The predicted molar refractivity (Wildman–Crippen MR) is 71.5 cm³/mol. The van der Waals surface area contributed by atoms with Gasteiger partial charge in [0.2, 0.25) is 5.91 Å². The maximum atomic E-state index is 11.9. The molecule has 2 atom stereocenters. The van der Waals surface area contributed by atoms with Crippen LogP contribution in [0.25, 0.3) is 4.91 Å². The molecule has 0 aliphatic carbocycles. The summed E-state index contributed by atoms with van der Waals surface area (Å²) in [6.45, 7) is 1.98. The molecule has 2 aliphatic heterocycles. The summed E-state index contributed by atoms with van der Waals surface area (Å²) >= 11 is 1.59. The van der Waals surface area contributed by atoms with Gasteiger partial charge in [-0.25, -0.2) is 4.99 Å². The molecule has 0 spiro atoms. The minimum atomic E-state index is -0.217. The smallest absolute Gasteiger partial charge is 0.236 e. The molecule has 3 rings (SSSR count). The van der Waals surface area contributed by atoms with Crippen molar-refractivity contribution in [2.24, 2.45) is 16.6 Å². The number of aliphatic imine (C=N–C) groups is 1. The van der Waals surface area contributed by atoms with Gasteiger partial charge in [0.1, 0.15) is 5.37 Å². The van der Waals surface area contributed by atoms with E-state index in [-0.39, 0.29) is 23.2 Å². The standard InChI is InChI=1S/C12H12N4OS/c1-6-8-10(17)15-12(13)16-11(8)18-9(6)7-2-4-14-5-3-7/h2-5,8,11H,1H3,(H3,13,15,16,17). The number of rotatable bonds is 1. The Hall–Kier alpha value is -1.82. The number of hydrogen-bond acceptors (Lipinski definition) is 5. The highest BCUT2D eigenvalue weighted by molar-refractivity contribution is 8.09. The zero-order valence-electron chi connectivity index (χ0n) is 9.75. The molecule has 3 N–H and O–H groups in total. The summed E-state index contributed by atoms with van der Waals surface area (Å²) in [5, 5.41) is 2.44. The number of pyridine rings is 1. The van der Waals surface area contributed by atoms with Gasteiger partial charge in [0.25, 0.3) is 0 Å². The maximum Gasteiger partial charge on any atom is 0.236 e. The fourth-order valence-electron chi connectivity index (χ4n) is 2.24. The highest BCUT2D eigenvalue weighted by Gasteiger charge is 2.41. The van der Waals surface area contributed by atoms with E-state index < -0.39 is 0 Å². The van der Waals surface area contributed by atoms with E-state index in [1.165, 1.54) is 0 Å². The summed E-state index contributed by atoms with van der Waals surface area (Å²) in [6, 6.07) is 3.88. The number of guanidine groups is 1. The molecule has 1 aromatic heterocycles. The number of nitrogens with zero attached hydrogens (tertiary/aromatic N) is 2. The van der Waals surface area contributed by atoms with Crippen LogP contribution in [0.15, 0.2) is 35.1 Å². The minimum Gasteiger partial charge on any atom is -0.370 e. The number of nitrogens with two attached hydrogens (primary N) is 1. The monoisotopic (exact) mass is 260 g/mol. The van der Waals surface area contributed by atoms with Crippen LogP contribution in [0.1, 0.15) is 12.5 Å². The normalized spacial score (nSPS) is 26.7. The Morgan fingerprint density at radius 2 is 2.11 bits per heavy atom. The molecule has 92 valence electrons. The van der Waals surface area contributed by atoms with Gasteiger partial charge in [0.15, 0.2) is 5.96 Å². The Balaban J connectivity index is 2.02. The lowest BCUT2D eigenvalue weighted by molar-refractivity contribution is -0.122.